The number of nitrogens with zero attached hydrogens (tertiary/aromatic N) is 1. The highest BCUT2D eigenvalue weighted by atomic mass is 32.2. The van der Waals surface area contributed by atoms with Crippen molar-refractivity contribution < 1.29 is 8.42 Å². The Hall–Kier alpha value is -1.40. The Balaban J connectivity index is 2.60. The van der Waals surface area contributed by atoms with E-state index in [4.69, 9.17) is 0 Å². The second-order valence-corrected chi connectivity index (χ2v) is 6.93. The zero-order chi connectivity index (χ0) is 13.6. The molecule has 1 aromatic heterocycles. The van der Waals surface area contributed by atoms with Crippen molar-refractivity contribution in [2.75, 3.05) is 13.3 Å². The minimum atomic E-state index is -3.19. The van der Waals surface area contributed by atoms with E-state index in [1.165, 1.54) is 6.26 Å². The van der Waals surface area contributed by atoms with E-state index >= 15 is 0 Å². The highest BCUT2D eigenvalue weighted by Gasteiger charge is 2.22. The van der Waals surface area contributed by atoms with Crippen molar-refractivity contribution in [2.24, 2.45) is 0 Å². The van der Waals surface area contributed by atoms with Crippen LogP contribution in [0.15, 0.2) is 23.1 Å². The number of aromatic amines is 1. The van der Waals surface area contributed by atoms with Crippen molar-refractivity contribution in [1.29, 1.82) is 0 Å². The van der Waals surface area contributed by atoms with Gasteiger partial charge in [0.25, 0.3) is 0 Å². The number of hydrogen-bond acceptors (Lipinski definition) is 4. The lowest BCUT2D eigenvalue weighted by molar-refractivity contribution is 0.422. The first-order valence-corrected chi connectivity index (χ1v) is 7.52. The summed E-state index contributed by atoms with van der Waals surface area (Å²) in [5, 5.41) is 3.15. The summed E-state index contributed by atoms with van der Waals surface area (Å²) in [6, 6.07) is 4.92. The average Bonchev–Trinajstić information content (AvgIpc) is 2.71. The molecule has 0 bridgehead atoms. The van der Waals surface area contributed by atoms with Crippen molar-refractivity contribution in [3.63, 3.8) is 0 Å². The van der Waals surface area contributed by atoms with E-state index in [-0.39, 0.29) is 5.54 Å². The van der Waals surface area contributed by atoms with E-state index < -0.39 is 9.84 Å². The van der Waals surface area contributed by atoms with Gasteiger partial charge in [0.2, 0.25) is 0 Å². The summed E-state index contributed by atoms with van der Waals surface area (Å²) in [7, 11) is -1.33. The molecule has 0 atom stereocenters. The van der Waals surface area contributed by atoms with Gasteiger partial charge in [0, 0.05) is 6.26 Å². The number of H-pyrrole nitrogens is 1. The van der Waals surface area contributed by atoms with Crippen LogP contribution < -0.4 is 5.32 Å². The lowest BCUT2D eigenvalue weighted by atomic mass is 10.1. The fourth-order valence-corrected chi connectivity index (χ4v) is 2.28. The largest absolute Gasteiger partial charge is 0.340 e. The van der Waals surface area contributed by atoms with Gasteiger partial charge >= 0.3 is 0 Å². The fourth-order valence-electron chi connectivity index (χ4n) is 1.63. The molecule has 2 N–H and O–H groups in total. The van der Waals surface area contributed by atoms with E-state index in [0.29, 0.717) is 4.90 Å². The van der Waals surface area contributed by atoms with Gasteiger partial charge in [-0.15, -0.1) is 0 Å². The van der Waals surface area contributed by atoms with Crippen LogP contribution in [0.5, 0.6) is 0 Å². The lowest BCUT2D eigenvalue weighted by Gasteiger charge is -2.20. The minimum absolute atomic E-state index is 0.287. The molecule has 0 spiro atoms. The van der Waals surface area contributed by atoms with Gasteiger partial charge in [-0.25, -0.2) is 13.4 Å². The third-order valence-corrected chi connectivity index (χ3v) is 4.21. The number of rotatable bonds is 3. The molecule has 0 amide bonds. The van der Waals surface area contributed by atoms with Gasteiger partial charge in [-0.2, -0.15) is 0 Å². The van der Waals surface area contributed by atoms with E-state index in [9.17, 15) is 8.42 Å². The Morgan fingerprint density at radius 2 is 2.00 bits per heavy atom. The summed E-state index contributed by atoms with van der Waals surface area (Å²) >= 11 is 0. The zero-order valence-corrected chi connectivity index (χ0v) is 11.7. The number of imidazole rings is 1. The molecule has 0 fully saturated rings. The van der Waals surface area contributed by atoms with Crippen LogP contribution in [0, 0.1) is 0 Å². The molecular weight excluding hydrogens is 250 g/mol. The number of benzene rings is 1. The van der Waals surface area contributed by atoms with Gasteiger partial charge in [0.05, 0.1) is 21.5 Å². The Labute approximate surface area is 107 Å². The van der Waals surface area contributed by atoms with Crippen LogP contribution in [0.25, 0.3) is 11.0 Å². The topological polar surface area (TPSA) is 74.8 Å². The summed E-state index contributed by atoms with van der Waals surface area (Å²) in [5.74, 6) is 0.783. The normalized spacial score (nSPS) is 13.1. The first kappa shape index (κ1) is 13.0. The number of hydrogen-bond donors (Lipinski definition) is 2. The minimum Gasteiger partial charge on any atom is -0.340 e. The quantitative estimate of drug-likeness (QED) is 0.882. The Morgan fingerprint density at radius 3 is 2.56 bits per heavy atom. The van der Waals surface area contributed by atoms with Crippen molar-refractivity contribution in [3.05, 3.63) is 24.0 Å². The molecular formula is C12H17N3O2S. The number of fused-ring (bicyclic) bond motifs is 1. The Bertz CT molecular complexity index is 686. The predicted octanol–water partition coefficient (Wildman–Crippen LogP) is 1.42. The SMILES string of the molecule is CNC(C)(C)c1nc2ccc(S(C)(=O)=O)cc2[nH]1. The monoisotopic (exact) mass is 267 g/mol. The smallest absolute Gasteiger partial charge is 0.175 e. The molecule has 0 aliphatic heterocycles. The molecule has 1 aromatic carbocycles. The molecule has 5 nitrogen and oxygen atoms in total. The van der Waals surface area contributed by atoms with Gasteiger partial charge in [-0.05, 0) is 39.1 Å². The van der Waals surface area contributed by atoms with E-state index in [1.54, 1.807) is 18.2 Å². The molecule has 6 heteroatoms. The first-order chi connectivity index (χ1) is 8.24. The van der Waals surface area contributed by atoms with Crippen LogP contribution >= 0.6 is 0 Å². The van der Waals surface area contributed by atoms with E-state index in [1.807, 2.05) is 20.9 Å². The molecule has 1 heterocycles. The second-order valence-electron chi connectivity index (χ2n) is 4.91. The molecule has 2 aromatic rings. The molecule has 0 saturated carbocycles. The van der Waals surface area contributed by atoms with E-state index in [0.717, 1.165) is 16.9 Å². The molecule has 0 saturated heterocycles. The average molecular weight is 267 g/mol. The molecule has 0 aliphatic carbocycles. The fraction of sp³-hybridized carbons (Fsp3) is 0.417. The van der Waals surface area contributed by atoms with Crippen molar-refractivity contribution in [3.8, 4) is 0 Å². The number of nitrogens with one attached hydrogen (secondary N) is 2. The number of sulfone groups is 1. The third kappa shape index (κ3) is 2.26. The summed E-state index contributed by atoms with van der Waals surface area (Å²) in [4.78, 5) is 7.93. The molecule has 18 heavy (non-hydrogen) atoms. The van der Waals surface area contributed by atoms with Gasteiger partial charge in [-0.3, -0.25) is 0 Å². The van der Waals surface area contributed by atoms with Crippen LogP contribution in [0.2, 0.25) is 0 Å². The maximum absolute atomic E-state index is 11.5. The zero-order valence-electron chi connectivity index (χ0n) is 10.9. The van der Waals surface area contributed by atoms with Crippen LogP contribution in [-0.4, -0.2) is 31.7 Å². The molecule has 0 radical (unpaired) electrons. The van der Waals surface area contributed by atoms with Gasteiger partial charge in [0.1, 0.15) is 5.82 Å². The molecule has 0 aliphatic rings. The molecule has 2 rings (SSSR count). The summed E-state index contributed by atoms with van der Waals surface area (Å²) in [5.41, 5.74) is 1.21. The maximum Gasteiger partial charge on any atom is 0.175 e. The lowest BCUT2D eigenvalue weighted by Crippen LogP contribution is -2.34. The van der Waals surface area contributed by atoms with Crippen LogP contribution in [0.1, 0.15) is 19.7 Å². The Morgan fingerprint density at radius 1 is 1.33 bits per heavy atom. The molecule has 0 unspecified atom stereocenters. The standard InChI is InChI=1S/C12H17N3O2S/c1-12(2,13-3)11-14-9-6-5-8(18(4,16)17)7-10(9)15-11/h5-7,13H,1-4H3,(H,14,15). The van der Waals surface area contributed by atoms with Crippen molar-refractivity contribution in [1.82, 2.24) is 15.3 Å². The maximum atomic E-state index is 11.5. The number of aromatic nitrogens is 2. The van der Waals surface area contributed by atoms with Gasteiger partial charge in [-0.1, -0.05) is 0 Å². The Kier molecular flexibility index (Phi) is 2.95. The second kappa shape index (κ2) is 4.07. The predicted molar refractivity (Wildman–Crippen MR) is 71.3 cm³/mol. The van der Waals surface area contributed by atoms with Crippen LogP contribution in [-0.2, 0) is 15.4 Å². The van der Waals surface area contributed by atoms with Gasteiger partial charge in [0.15, 0.2) is 9.84 Å². The highest BCUT2D eigenvalue weighted by Crippen LogP contribution is 2.22. The first-order valence-electron chi connectivity index (χ1n) is 5.63. The van der Waals surface area contributed by atoms with Crippen LogP contribution in [0.4, 0.5) is 0 Å². The van der Waals surface area contributed by atoms with Gasteiger partial charge < -0.3 is 10.3 Å². The van der Waals surface area contributed by atoms with Crippen molar-refractivity contribution in [2.45, 2.75) is 24.3 Å². The highest BCUT2D eigenvalue weighted by molar-refractivity contribution is 7.90. The van der Waals surface area contributed by atoms with Crippen molar-refractivity contribution >= 4 is 20.9 Å². The van der Waals surface area contributed by atoms with E-state index in [2.05, 4.69) is 15.3 Å². The van der Waals surface area contributed by atoms with Crippen LogP contribution in [0.3, 0.4) is 0 Å². The summed E-state index contributed by atoms with van der Waals surface area (Å²) < 4.78 is 23.0. The summed E-state index contributed by atoms with van der Waals surface area (Å²) in [6.07, 6.45) is 1.20. The summed E-state index contributed by atoms with van der Waals surface area (Å²) in [6.45, 7) is 4.00. The molecule has 98 valence electrons. The third-order valence-electron chi connectivity index (χ3n) is 3.10.